The molecule has 0 unspecified atom stereocenters. The number of pyridine rings is 3. The third-order valence-electron chi connectivity index (χ3n) is 23.1. The summed E-state index contributed by atoms with van der Waals surface area (Å²) in [5.41, 5.74) is -6.58. The lowest BCUT2D eigenvalue weighted by Gasteiger charge is -2.40. The lowest BCUT2D eigenvalue weighted by atomic mass is 9.72. The number of benzene rings is 9. The normalized spacial score (nSPS) is 27.5. The predicted octanol–water partition coefficient (Wildman–Crippen LogP) is 13.6. The summed E-state index contributed by atoms with van der Waals surface area (Å²) in [4.78, 5) is 13.1. The molecule has 18 rings (SSSR count). The molecule has 586 valence electrons. The molecule has 116 heavy (non-hydrogen) atoms. The van der Waals surface area contributed by atoms with Crippen LogP contribution in [0.25, 0.3) is 0 Å². The molecule has 3 aliphatic heterocycles. The van der Waals surface area contributed by atoms with Crippen molar-refractivity contribution in [3.63, 3.8) is 0 Å². The first-order chi connectivity index (χ1) is 55.6. The van der Waals surface area contributed by atoms with Crippen molar-refractivity contribution in [1.29, 1.82) is 10.5 Å². The van der Waals surface area contributed by atoms with Gasteiger partial charge in [-0.15, -0.1) is 0 Å². The molecule has 3 saturated carbocycles. The van der Waals surface area contributed by atoms with E-state index in [4.69, 9.17) is 49.0 Å². The topological polar surface area (TPSA) is 338 Å². The van der Waals surface area contributed by atoms with Gasteiger partial charge in [0.2, 0.25) is 0 Å². The molecule has 0 amide bonds. The second-order valence-electron chi connectivity index (χ2n) is 29.5. The number of nitriles is 2. The highest BCUT2D eigenvalue weighted by molar-refractivity contribution is 9.10. The molecule has 6 N–H and O–H groups in total. The minimum Gasteiger partial charge on any atom is -0.476 e. The fraction of sp³-hybridized carbons (Fsp3) is 0.202. The average Bonchev–Trinajstić information content (AvgIpc) is 1.51. The van der Waals surface area contributed by atoms with E-state index in [1.54, 1.807) is 243 Å². The van der Waals surface area contributed by atoms with Crippen LogP contribution in [0.5, 0.6) is 17.2 Å². The zero-order valence-corrected chi connectivity index (χ0v) is 67.2. The third-order valence-corrected chi connectivity index (χ3v) is 30.5. The Bertz CT molecular complexity index is 5930. The van der Waals surface area contributed by atoms with E-state index in [1.807, 2.05) is 12.1 Å². The van der Waals surface area contributed by atoms with Crippen LogP contribution in [0.1, 0.15) is 96.0 Å². The number of sulfone groups is 3. The quantitative estimate of drug-likeness (QED) is 0.0555. The Balaban J connectivity index is 0.000000131. The lowest BCUT2D eigenvalue weighted by molar-refractivity contribution is -0.150. The van der Waals surface area contributed by atoms with E-state index in [-0.39, 0.29) is 66.7 Å². The van der Waals surface area contributed by atoms with Crippen molar-refractivity contribution in [3.05, 3.63) is 389 Å². The van der Waals surface area contributed by atoms with Gasteiger partial charge in [0.15, 0.2) is 63.1 Å². The number of rotatable bonds is 15. The zero-order chi connectivity index (χ0) is 81.5. The van der Waals surface area contributed by atoms with Gasteiger partial charge in [-0.2, -0.15) is 10.5 Å². The van der Waals surface area contributed by atoms with Crippen LogP contribution in [0.15, 0.2) is 296 Å². The average molecular weight is 1730 g/mol. The van der Waals surface area contributed by atoms with Crippen molar-refractivity contribution in [1.82, 2.24) is 15.0 Å². The highest BCUT2D eigenvalue weighted by Crippen LogP contribution is 2.71. The fourth-order valence-corrected chi connectivity index (χ4v) is 25.7. The number of hydrogen-bond donors (Lipinski definition) is 6. The van der Waals surface area contributed by atoms with E-state index in [9.17, 15) is 66.4 Å². The van der Waals surface area contributed by atoms with E-state index in [1.165, 1.54) is 36.8 Å². The summed E-state index contributed by atoms with van der Waals surface area (Å²) in [5.74, 6) is -3.64. The van der Waals surface area contributed by atoms with Crippen LogP contribution in [-0.4, -0.2) is 105 Å². The minimum absolute atomic E-state index is 0.00195. The molecule has 3 aliphatic carbocycles. The van der Waals surface area contributed by atoms with Crippen LogP contribution in [0.2, 0.25) is 15.1 Å². The van der Waals surface area contributed by atoms with Gasteiger partial charge in [-0.25, -0.2) is 25.3 Å². The van der Waals surface area contributed by atoms with Crippen LogP contribution in [0.4, 0.5) is 0 Å². The van der Waals surface area contributed by atoms with Crippen molar-refractivity contribution in [2.45, 2.75) is 103 Å². The standard InChI is InChI=1S/2C30H23ClN2O5S.C29H23BrClNO5S/c2*31-23-15-24-27(33-17-23)29(35)28(34)26(39(36,37)18-20-7-3-1-4-8-20)25(21-9-5-2-6-10-21)30(29,38-24)22-13-11-19(16-32)12-14-22;30-21-13-11-20(12-14-21)29-24(19-9-5-2-6-10-19)25(38(35,36)17-18-7-3-1-4-8-18)27(33)28(29,34)26-23(37-29)15-22(31)16-32-26/h2*1-15,17,25-26,28,34-35H,18H2;1-16,24-25,27,33-34H,17H2/t2*25-,26-,28-,29+,30+;24-,25-,27-,28+,29+/m111/s1. The summed E-state index contributed by atoms with van der Waals surface area (Å²) < 4.78 is 106. The monoisotopic (exact) mass is 1730 g/mol. The van der Waals surface area contributed by atoms with Gasteiger partial charge in [-0.1, -0.05) is 269 Å². The van der Waals surface area contributed by atoms with Gasteiger partial charge < -0.3 is 44.8 Å². The van der Waals surface area contributed by atoms with Crippen LogP contribution < -0.4 is 14.2 Å². The first-order valence-corrected chi connectivity index (χ1v) is 43.7. The zero-order valence-electron chi connectivity index (χ0n) is 60.9. The number of aliphatic hydroxyl groups is 6. The van der Waals surface area contributed by atoms with Gasteiger partial charge in [0, 0.05) is 41.3 Å². The van der Waals surface area contributed by atoms with E-state index in [0.717, 1.165) is 4.47 Å². The number of aliphatic hydroxyl groups excluding tert-OH is 3. The summed E-state index contributed by atoms with van der Waals surface area (Å²) in [6.07, 6.45) is -1.39. The van der Waals surface area contributed by atoms with Gasteiger partial charge in [-0.05, 0) is 86.5 Å². The Labute approximate surface area is 692 Å². The second-order valence-corrected chi connectivity index (χ2v) is 38.2. The Morgan fingerprint density at radius 2 is 0.595 bits per heavy atom. The fourth-order valence-electron chi connectivity index (χ4n) is 18.4. The van der Waals surface area contributed by atoms with Gasteiger partial charge >= 0.3 is 0 Å². The van der Waals surface area contributed by atoms with E-state index < -0.39 is 115 Å². The van der Waals surface area contributed by atoms with Crippen molar-refractivity contribution < 1.29 is 70.1 Å². The van der Waals surface area contributed by atoms with Crippen LogP contribution in [0.3, 0.4) is 0 Å². The molecule has 0 saturated heterocycles. The molecule has 3 aromatic heterocycles. The number of aromatic nitrogens is 3. The van der Waals surface area contributed by atoms with Gasteiger partial charge in [-0.3, -0.25) is 15.0 Å². The molecular formula is C89H69BrCl3N5O15S3. The highest BCUT2D eigenvalue weighted by Gasteiger charge is 2.82. The molecule has 20 nitrogen and oxygen atoms in total. The molecular weight excluding hydrogens is 1660 g/mol. The van der Waals surface area contributed by atoms with Gasteiger partial charge in [0.05, 0.1) is 73.3 Å². The summed E-state index contributed by atoms with van der Waals surface area (Å²) >= 11 is 22.1. The largest absolute Gasteiger partial charge is 0.476 e. The summed E-state index contributed by atoms with van der Waals surface area (Å²) in [6, 6.07) is 81.4. The number of hydrogen-bond acceptors (Lipinski definition) is 20. The Kier molecular flexibility index (Phi) is 20.8. The van der Waals surface area contributed by atoms with E-state index in [2.05, 4.69) is 43.0 Å². The van der Waals surface area contributed by atoms with Gasteiger partial charge in [0.1, 0.15) is 68.4 Å². The van der Waals surface area contributed by atoms with Crippen molar-refractivity contribution in [3.8, 4) is 29.4 Å². The maximum atomic E-state index is 14.2. The molecule has 0 spiro atoms. The molecule has 3 fully saturated rings. The number of nitrogens with zero attached hydrogens (tertiary/aromatic N) is 5. The summed E-state index contributed by atoms with van der Waals surface area (Å²) in [5, 5.41) is 88.9. The van der Waals surface area contributed by atoms with Crippen molar-refractivity contribution in [2.75, 3.05) is 0 Å². The number of halogens is 4. The molecule has 12 aromatic rings. The molecule has 6 aliphatic rings. The van der Waals surface area contributed by atoms with Crippen molar-refractivity contribution in [2.24, 2.45) is 0 Å². The number of ether oxygens (including phenoxy) is 3. The van der Waals surface area contributed by atoms with Crippen molar-refractivity contribution >= 4 is 80.2 Å². The lowest BCUT2D eigenvalue weighted by Crippen LogP contribution is -2.52. The maximum absolute atomic E-state index is 14.2. The van der Waals surface area contributed by atoms with Gasteiger partial charge in [0.25, 0.3) is 0 Å². The van der Waals surface area contributed by atoms with Crippen LogP contribution in [0, 0.1) is 22.7 Å². The molecule has 0 radical (unpaired) electrons. The van der Waals surface area contributed by atoms with E-state index in [0.29, 0.717) is 61.2 Å². The minimum atomic E-state index is -4.11. The van der Waals surface area contributed by atoms with E-state index >= 15 is 0 Å². The Hall–Kier alpha value is -10.2. The summed E-state index contributed by atoms with van der Waals surface area (Å²) in [6.45, 7) is 0. The smallest absolute Gasteiger partial charge is 0.182 e. The highest BCUT2D eigenvalue weighted by atomic mass is 79.9. The molecule has 6 heterocycles. The first-order valence-electron chi connectivity index (χ1n) is 36.6. The molecule has 0 bridgehead atoms. The van der Waals surface area contributed by atoms with Crippen LogP contribution >= 0.6 is 50.7 Å². The molecule has 27 heteroatoms. The Morgan fingerprint density at radius 3 is 0.836 bits per heavy atom. The molecule has 15 atom stereocenters. The first kappa shape index (κ1) is 79.6. The van der Waals surface area contributed by atoms with Crippen LogP contribution in [-0.2, 0) is 80.4 Å². The Morgan fingerprint density at radius 1 is 0.362 bits per heavy atom. The SMILES string of the molecule is N#Cc1ccc([C@@]23Oc4cc(Cl)cnc4[C@]2(O)[C@H](O)[C@H](S(=O)(=O)Cc2ccccc2)[C@H]3c2ccccc2)cc1.N#Cc1ccc([C@@]23Oc4cc(Cl)cnc4[C@]2(O)[C@H](O)[C@H](S(=O)(=O)Cc2ccccc2)[C@H]3c2ccccc2)cc1.O=S(=O)(Cc1ccccc1)[C@H]1[C@@H](O)[C@@]2(O)c3ncc(Cl)cc3O[C@@]2(c2ccc(Br)cc2)[C@@H]1c1ccccc1. The third kappa shape index (κ3) is 12.7. The summed E-state index contributed by atoms with van der Waals surface area (Å²) in [7, 11) is -12.3. The number of fused-ring (bicyclic) bond motifs is 9. The predicted molar refractivity (Wildman–Crippen MR) is 437 cm³/mol. The molecule has 9 aromatic carbocycles. The maximum Gasteiger partial charge on any atom is 0.182 e. The second kappa shape index (κ2) is 30.4.